The van der Waals surface area contributed by atoms with Crippen LogP contribution in [0.4, 0.5) is 13.9 Å². The molecule has 0 aliphatic carbocycles. The Bertz CT molecular complexity index is 1080. The molecule has 0 atom stereocenters. The number of halogens is 2. The van der Waals surface area contributed by atoms with E-state index >= 15 is 0 Å². The number of methoxy groups -OCH3 is 1. The number of benzene rings is 2. The Morgan fingerprint density at radius 1 is 1.10 bits per heavy atom. The lowest BCUT2D eigenvalue weighted by molar-refractivity contribution is 0.0597. The summed E-state index contributed by atoms with van der Waals surface area (Å²) in [5, 5.41) is 0.234. The van der Waals surface area contributed by atoms with Crippen LogP contribution in [0.5, 0.6) is 0 Å². The second-order valence-corrected chi connectivity index (χ2v) is 7.89. The summed E-state index contributed by atoms with van der Waals surface area (Å²) in [6.07, 6.45) is 0.617. The first-order chi connectivity index (χ1) is 14.3. The maximum absolute atomic E-state index is 14.2. The third-order valence-corrected chi connectivity index (χ3v) is 5.45. The Morgan fingerprint density at radius 2 is 1.80 bits per heavy atom. The summed E-state index contributed by atoms with van der Waals surface area (Å²) in [5.41, 5.74) is 0.282. The van der Waals surface area contributed by atoms with Crippen LogP contribution in [0.2, 0.25) is 0 Å². The van der Waals surface area contributed by atoms with Crippen molar-refractivity contribution in [1.82, 2.24) is 9.88 Å². The number of amides is 1. The molecule has 6 nitrogen and oxygen atoms in total. The van der Waals surface area contributed by atoms with Crippen LogP contribution in [-0.2, 0) is 4.74 Å². The second-order valence-electron chi connectivity index (χ2n) is 6.88. The molecule has 0 unspecified atom stereocenters. The first-order valence-electron chi connectivity index (χ1n) is 9.21. The largest absolute Gasteiger partial charge is 0.465 e. The average molecular weight is 433 g/mol. The monoisotopic (exact) mass is 433 g/mol. The molecule has 30 heavy (non-hydrogen) atoms. The Kier molecular flexibility index (Phi) is 6.73. The van der Waals surface area contributed by atoms with E-state index in [9.17, 15) is 18.4 Å². The molecule has 0 bridgehead atoms. The van der Waals surface area contributed by atoms with Crippen LogP contribution < -0.4 is 4.90 Å². The molecule has 0 saturated carbocycles. The summed E-state index contributed by atoms with van der Waals surface area (Å²) in [5.74, 6) is -2.60. The van der Waals surface area contributed by atoms with Crippen molar-refractivity contribution in [2.75, 3.05) is 39.2 Å². The highest BCUT2D eigenvalue weighted by atomic mass is 32.1. The Labute approximate surface area is 176 Å². The van der Waals surface area contributed by atoms with E-state index in [1.807, 2.05) is 19.0 Å². The predicted octanol–water partition coefficient (Wildman–Crippen LogP) is 3.96. The number of thiazole rings is 1. The van der Waals surface area contributed by atoms with E-state index < -0.39 is 23.5 Å². The van der Waals surface area contributed by atoms with Gasteiger partial charge in [0.05, 0.1) is 22.9 Å². The number of hydrogen-bond acceptors (Lipinski definition) is 6. The number of fused-ring (bicyclic) bond motifs is 1. The molecule has 2 aromatic carbocycles. The SMILES string of the molecule is COC(=O)c1ccccc1C(=O)N(CCCN(C)C)c1nc2c(F)cc(F)cc2s1. The molecule has 0 aliphatic heterocycles. The molecule has 9 heteroatoms. The molecule has 0 radical (unpaired) electrons. The van der Waals surface area contributed by atoms with E-state index in [4.69, 9.17) is 4.74 Å². The van der Waals surface area contributed by atoms with Crippen molar-refractivity contribution in [3.63, 3.8) is 0 Å². The minimum atomic E-state index is -0.789. The van der Waals surface area contributed by atoms with Gasteiger partial charge in [0.1, 0.15) is 11.3 Å². The maximum Gasteiger partial charge on any atom is 0.338 e. The van der Waals surface area contributed by atoms with Gasteiger partial charge < -0.3 is 9.64 Å². The van der Waals surface area contributed by atoms with E-state index in [1.54, 1.807) is 12.1 Å². The highest BCUT2D eigenvalue weighted by Crippen LogP contribution is 2.32. The Hall–Kier alpha value is -2.91. The van der Waals surface area contributed by atoms with Gasteiger partial charge in [-0.05, 0) is 45.3 Å². The number of aromatic nitrogens is 1. The molecular formula is C21H21F2N3O3S. The zero-order chi connectivity index (χ0) is 21.8. The van der Waals surface area contributed by atoms with Crippen molar-refractivity contribution >= 4 is 38.6 Å². The topological polar surface area (TPSA) is 62.7 Å². The molecule has 1 amide bonds. The summed E-state index contributed by atoms with van der Waals surface area (Å²) >= 11 is 1.02. The third kappa shape index (κ3) is 4.63. The molecule has 158 valence electrons. The molecule has 3 rings (SSSR count). The van der Waals surface area contributed by atoms with E-state index in [2.05, 4.69) is 4.98 Å². The minimum absolute atomic E-state index is 0.00284. The van der Waals surface area contributed by atoms with Gasteiger partial charge in [-0.3, -0.25) is 9.69 Å². The number of esters is 1. The number of hydrogen-bond donors (Lipinski definition) is 0. The van der Waals surface area contributed by atoms with Crippen LogP contribution in [0, 0.1) is 11.6 Å². The molecule has 0 spiro atoms. The molecule has 0 aliphatic rings. The molecule has 3 aromatic rings. The number of rotatable bonds is 7. The molecule has 0 N–H and O–H groups in total. The number of anilines is 1. The summed E-state index contributed by atoms with van der Waals surface area (Å²) in [7, 11) is 5.06. The quantitative estimate of drug-likeness (QED) is 0.528. The number of carbonyl (C=O) groups excluding carboxylic acids is 2. The lowest BCUT2D eigenvalue weighted by Crippen LogP contribution is -2.34. The summed E-state index contributed by atoms with van der Waals surface area (Å²) in [4.78, 5) is 33.1. The van der Waals surface area contributed by atoms with Crippen LogP contribution in [-0.4, -0.2) is 56.1 Å². The van der Waals surface area contributed by atoms with Gasteiger partial charge in [0.2, 0.25) is 0 Å². The van der Waals surface area contributed by atoms with E-state index in [0.717, 1.165) is 17.4 Å². The van der Waals surface area contributed by atoms with Crippen LogP contribution in [0.25, 0.3) is 10.2 Å². The van der Waals surface area contributed by atoms with Gasteiger partial charge >= 0.3 is 5.97 Å². The lowest BCUT2D eigenvalue weighted by atomic mass is 10.1. The lowest BCUT2D eigenvalue weighted by Gasteiger charge is -2.22. The molecule has 0 fully saturated rings. The second kappa shape index (κ2) is 9.27. The van der Waals surface area contributed by atoms with Gasteiger partial charge in [0, 0.05) is 12.6 Å². The zero-order valence-corrected chi connectivity index (χ0v) is 17.6. The van der Waals surface area contributed by atoms with Crippen LogP contribution in [0.1, 0.15) is 27.1 Å². The fourth-order valence-electron chi connectivity index (χ4n) is 2.99. The van der Waals surface area contributed by atoms with Gasteiger partial charge in [-0.1, -0.05) is 23.5 Å². The van der Waals surface area contributed by atoms with Crippen molar-refractivity contribution in [3.8, 4) is 0 Å². The number of nitrogens with zero attached hydrogens (tertiary/aromatic N) is 3. The minimum Gasteiger partial charge on any atom is -0.465 e. The van der Waals surface area contributed by atoms with Gasteiger partial charge in [-0.25, -0.2) is 18.6 Å². The zero-order valence-electron chi connectivity index (χ0n) is 16.8. The highest BCUT2D eigenvalue weighted by Gasteiger charge is 2.26. The highest BCUT2D eigenvalue weighted by molar-refractivity contribution is 7.22. The summed E-state index contributed by atoms with van der Waals surface area (Å²) in [6, 6.07) is 8.26. The first kappa shape index (κ1) is 21.8. The summed E-state index contributed by atoms with van der Waals surface area (Å²) in [6.45, 7) is 0.993. The van der Waals surface area contributed by atoms with E-state index in [1.165, 1.54) is 30.2 Å². The Morgan fingerprint density at radius 3 is 2.47 bits per heavy atom. The normalized spacial score (nSPS) is 11.1. The standard InChI is InChI=1S/C21H21F2N3O3S/c1-25(2)9-6-10-26(19(27)14-7-4-5-8-15(14)20(28)29-3)21-24-18-16(23)11-13(22)12-17(18)30-21/h4-5,7-8,11-12H,6,9-10H2,1-3H3. The maximum atomic E-state index is 14.2. The molecular weight excluding hydrogens is 412 g/mol. The van der Waals surface area contributed by atoms with Crippen LogP contribution >= 0.6 is 11.3 Å². The number of ether oxygens (including phenoxy) is 1. The fourth-order valence-corrected chi connectivity index (χ4v) is 4.02. The smallest absolute Gasteiger partial charge is 0.338 e. The summed E-state index contributed by atoms with van der Waals surface area (Å²) < 4.78 is 32.8. The number of carbonyl (C=O) groups is 2. The average Bonchev–Trinajstić information content (AvgIpc) is 3.14. The fraction of sp³-hybridized carbons (Fsp3) is 0.286. The molecule has 1 aromatic heterocycles. The van der Waals surface area contributed by atoms with Crippen molar-refractivity contribution in [3.05, 3.63) is 59.2 Å². The van der Waals surface area contributed by atoms with Crippen LogP contribution in [0.15, 0.2) is 36.4 Å². The first-order valence-corrected chi connectivity index (χ1v) is 10.0. The van der Waals surface area contributed by atoms with Crippen molar-refractivity contribution in [2.45, 2.75) is 6.42 Å². The molecule has 1 heterocycles. The van der Waals surface area contributed by atoms with Crippen LogP contribution in [0.3, 0.4) is 0 Å². The van der Waals surface area contributed by atoms with Gasteiger partial charge in [-0.15, -0.1) is 0 Å². The van der Waals surface area contributed by atoms with Gasteiger partial charge in [0.15, 0.2) is 10.9 Å². The van der Waals surface area contributed by atoms with Gasteiger partial charge in [-0.2, -0.15) is 0 Å². The predicted molar refractivity (Wildman–Crippen MR) is 112 cm³/mol. The van der Waals surface area contributed by atoms with E-state index in [-0.39, 0.29) is 28.3 Å². The van der Waals surface area contributed by atoms with Crippen molar-refractivity contribution in [2.24, 2.45) is 0 Å². The van der Waals surface area contributed by atoms with E-state index in [0.29, 0.717) is 17.7 Å². The van der Waals surface area contributed by atoms with Crippen molar-refractivity contribution < 1.29 is 23.1 Å². The molecule has 0 saturated heterocycles. The van der Waals surface area contributed by atoms with Gasteiger partial charge in [0.25, 0.3) is 5.91 Å². The Balaban J connectivity index is 2.04. The van der Waals surface area contributed by atoms with Crippen molar-refractivity contribution in [1.29, 1.82) is 0 Å². The third-order valence-electron chi connectivity index (χ3n) is 4.43.